The van der Waals surface area contributed by atoms with Crippen molar-refractivity contribution in [1.82, 2.24) is 25.1 Å². The van der Waals surface area contributed by atoms with Gasteiger partial charge in [0, 0.05) is 72.8 Å². The molecule has 0 atom stereocenters. The van der Waals surface area contributed by atoms with Crippen LogP contribution in [0.4, 0.5) is 0 Å². The molecule has 2 aliphatic rings. The van der Waals surface area contributed by atoms with Crippen LogP contribution in [-0.2, 0) is 0 Å². The van der Waals surface area contributed by atoms with Crippen LogP contribution in [-0.4, -0.2) is 71.3 Å². The Balaban J connectivity index is 1.24. The Bertz CT molecular complexity index is 1480. The molecule has 176 valence electrons. The van der Waals surface area contributed by atoms with Gasteiger partial charge in [-0.25, -0.2) is 4.99 Å². The summed E-state index contributed by atoms with van der Waals surface area (Å²) in [5, 5.41) is 6.34. The third-order valence-electron chi connectivity index (χ3n) is 6.69. The second-order valence-corrected chi connectivity index (χ2v) is 9.96. The maximum absolute atomic E-state index is 13.3. The summed E-state index contributed by atoms with van der Waals surface area (Å²) in [5.74, 6) is 0.481. The molecule has 0 bridgehead atoms. The molecule has 6 rings (SSSR count). The van der Waals surface area contributed by atoms with E-state index in [1.165, 1.54) is 10.1 Å². The van der Waals surface area contributed by atoms with E-state index >= 15 is 0 Å². The molecule has 4 heterocycles. The molecule has 1 fully saturated rings. The van der Waals surface area contributed by atoms with Crippen molar-refractivity contribution in [2.75, 3.05) is 39.8 Å². The van der Waals surface area contributed by atoms with Crippen molar-refractivity contribution in [3.05, 3.63) is 71.5 Å². The van der Waals surface area contributed by atoms with Gasteiger partial charge in [-0.2, -0.15) is 0 Å². The molecule has 0 unspecified atom stereocenters. The number of rotatable bonds is 4. The fourth-order valence-electron chi connectivity index (χ4n) is 4.74. The molecule has 2 aliphatic heterocycles. The van der Waals surface area contributed by atoms with E-state index in [1.807, 2.05) is 24.3 Å². The van der Waals surface area contributed by atoms with Gasteiger partial charge >= 0.3 is 0 Å². The Morgan fingerprint density at radius 2 is 1.80 bits per heavy atom. The normalized spacial score (nSPS) is 17.1. The molecule has 2 aromatic carbocycles. The Morgan fingerprint density at radius 1 is 1.00 bits per heavy atom. The summed E-state index contributed by atoms with van der Waals surface area (Å²) < 4.78 is 1.22. The van der Waals surface area contributed by atoms with Crippen LogP contribution in [0.15, 0.2) is 70.9 Å². The summed E-state index contributed by atoms with van der Waals surface area (Å²) in [6, 6.07) is 12.2. The highest BCUT2D eigenvalue weighted by Gasteiger charge is 2.21. The number of piperazine rings is 1. The van der Waals surface area contributed by atoms with Gasteiger partial charge in [-0.05, 0) is 24.6 Å². The first kappa shape index (κ1) is 22.0. The summed E-state index contributed by atoms with van der Waals surface area (Å²) in [6.45, 7) is 5.06. The number of fused-ring (bicyclic) bond motifs is 2. The first-order valence-corrected chi connectivity index (χ1v) is 12.7. The Morgan fingerprint density at radius 3 is 2.66 bits per heavy atom. The minimum atomic E-state index is -0.203. The molecule has 0 spiro atoms. The first-order valence-electron chi connectivity index (χ1n) is 11.8. The van der Waals surface area contributed by atoms with Gasteiger partial charge in [0.15, 0.2) is 0 Å². The monoisotopic (exact) mass is 482 g/mol. The van der Waals surface area contributed by atoms with Crippen molar-refractivity contribution in [3.8, 4) is 11.1 Å². The van der Waals surface area contributed by atoms with Crippen molar-refractivity contribution < 1.29 is 4.79 Å². The van der Waals surface area contributed by atoms with E-state index in [2.05, 4.69) is 55.7 Å². The quantitative estimate of drug-likeness (QED) is 0.473. The smallest absolute Gasteiger partial charge is 0.258 e. The lowest BCUT2D eigenvalue weighted by Crippen LogP contribution is -2.44. The van der Waals surface area contributed by atoms with Crippen LogP contribution in [0, 0.1) is 0 Å². The maximum atomic E-state index is 13.3. The van der Waals surface area contributed by atoms with E-state index in [4.69, 9.17) is 4.99 Å². The zero-order chi connectivity index (χ0) is 23.8. The minimum Gasteiger partial charge on any atom is -0.310 e. The van der Waals surface area contributed by atoms with Gasteiger partial charge in [0.1, 0.15) is 11.4 Å². The lowest BCUT2D eigenvalue weighted by molar-refractivity contribution is 0.0978. The Labute approximate surface area is 207 Å². The minimum absolute atomic E-state index is 0.203. The molecule has 7 nitrogen and oxygen atoms in total. The molecule has 1 saturated heterocycles. The molecule has 1 N–H and O–H groups in total. The predicted molar refractivity (Wildman–Crippen MR) is 142 cm³/mol. The molecular formula is C27H26N6OS. The number of carbonyl (C=O) groups is 1. The van der Waals surface area contributed by atoms with E-state index < -0.39 is 0 Å². The maximum Gasteiger partial charge on any atom is 0.258 e. The largest absolute Gasteiger partial charge is 0.310 e. The first-order chi connectivity index (χ1) is 17.2. The summed E-state index contributed by atoms with van der Waals surface area (Å²) in [7, 11) is 2.15. The molecule has 0 aliphatic carbocycles. The van der Waals surface area contributed by atoms with Crippen LogP contribution in [0.2, 0.25) is 0 Å². The lowest BCUT2D eigenvalue weighted by atomic mass is 10.00. The number of aromatic nitrogens is 2. The van der Waals surface area contributed by atoms with E-state index in [-0.39, 0.29) is 5.91 Å². The number of amidine groups is 1. The SMILES string of the molecule is CN1CCN(CC2=CCC(NC(=O)c3ccc(-c4csc5ccccc45)c4nccnc34)=N2)CC1. The summed E-state index contributed by atoms with van der Waals surface area (Å²) in [5.41, 5.74) is 4.95. The molecule has 35 heavy (non-hydrogen) atoms. The number of nitrogens with one attached hydrogen (secondary N) is 1. The fraction of sp³-hybridized carbons (Fsp3) is 0.259. The van der Waals surface area contributed by atoms with Gasteiger partial charge in [0.2, 0.25) is 0 Å². The van der Waals surface area contributed by atoms with Crippen LogP contribution < -0.4 is 5.32 Å². The standard InChI is InChI=1S/C27H26N6OS/c1-32-12-14-33(15-13-32)16-18-6-9-24(30-18)31-27(34)21-8-7-20(25-26(21)29-11-10-28-25)22-17-35-23-5-3-2-4-19(22)23/h2-8,10-11,17H,9,12-16H2,1H3,(H,30,31,34). The Kier molecular flexibility index (Phi) is 5.85. The number of hydrogen-bond donors (Lipinski definition) is 1. The molecule has 0 saturated carbocycles. The fourth-order valence-corrected chi connectivity index (χ4v) is 5.70. The van der Waals surface area contributed by atoms with Crippen LogP contribution in [0.1, 0.15) is 16.8 Å². The van der Waals surface area contributed by atoms with Gasteiger partial charge in [0.25, 0.3) is 5.91 Å². The van der Waals surface area contributed by atoms with Crippen LogP contribution in [0.5, 0.6) is 0 Å². The van der Waals surface area contributed by atoms with Crippen LogP contribution in [0.25, 0.3) is 32.2 Å². The highest BCUT2D eigenvalue weighted by molar-refractivity contribution is 7.17. The topological polar surface area (TPSA) is 73.7 Å². The van der Waals surface area contributed by atoms with Crippen molar-refractivity contribution >= 4 is 44.2 Å². The number of amides is 1. The molecule has 0 radical (unpaired) electrons. The number of aliphatic imine (C=N–C) groups is 1. The number of nitrogens with zero attached hydrogens (tertiary/aromatic N) is 5. The van der Waals surface area contributed by atoms with Gasteiger partial charge in [-0.15, -0.1) is 11.3 Å². The van der Waals surface area contributed by atoms with E-state index in [0.29, 0.717) is 23.3 Å². The zero-order valence-electron chi connectivity index (χ0n) is 19.6. The van der Waals surface area contributed by atoms with Gasteiger partial charge < -0.3 is 10.2 Å². The van der Waals surface area contributed by atoms with Crippen LogP contribution in [0.3, 0.4) is 0 Å². The second-order valence-electron chi connectivity index (χ2n) is 9.05. The number of benzene rings is 2. The van der Waals surface area contributed by atoms with Crippen molar-refractivity contribution in [1.29, 1.82) is 0 Å². The third-order valence-corrected chi connectivity index (χ3v) is 7.65. The van der Waals surface area contributed by atoms with Gasteiger partial charge in [0.05, 0.1) is 16.8 Å². The molecule has 8 heteroatoms. The zero-order valence-corrected chi connectivity index (χ0v) is 20.4. The highest BCUT2D eigenvalue weighted by Crippen LogP contribution is 2.37. The predicted octanol–water partition coefficient (Wildman–Crippen LogP) is 4.17. The average molecular weight is 483 g/mol. The van der Waals surface area contributed by atoms with Gasteiger partial charge in [-0.1, -0.05) is 30.3 Å². The summed E-state index contributed by atoms with van der Waals surface area (Å²) in [4.78, 5) is 31.9. The number of carbonyl (C=O) groups excluding carboxylic acids is 1. The van der Waals surface area contributed by atoms with E-state index in [1.54, 1.807) is 23.7 Å². The van der Waals surface area contributed by atoms with Crippen molar-refractivity contribution in [2.24, 2.45) is 4.99 Å². The third kappa shape index (κ3) is 4.36. The number of hydrogen-bond acceptors (Lipinski definition) is 7. The van der Waals surface area contributed by atoms with Gasteiger partial charge in [-0.3, -0.25) is 19.7 Å². The number of thiophene rings is 1. The average Bonchev–Trinajstić information content (AvgIpc) is 3.51. The molecule has 2 aromatic heterocycles. The summed E-state index contributed by atoms with van der Waals surface area (Å²) >= 11 is 1.71. The van der Waals surface area contributed by atoms with Crippen LogP contribution >= 0.6 is 11.3 Å². The Hall–Kier alpha value is -3.46. The molecule has 1 amide bonds. The summed E-state index contributed by atoms with van der Waals surface area (Å²) in [6.07, 6.45) is 6.06. The highest BCUT2D eigenvalue weighted by atomic mass is 32.1. The molecular weight excluding hydrogens is 456 g/mol. The molecule has 4 aromatic rings. The van der Waals surface area contributed by atoms with Crippen molar-refractivity contribution in [2.45, 2.75) is 6.42 Å². The van der Waals surface area contributed by atoms with E-state index in [0.717, 1.165) is 55.1 Å². The van der Waals surface area contributed by atoms with Crippen molar-refractivity contribution in [3.63, 3.8) is 0 Å². The second kappa shape index (κ2) is 9.30. The number of likely N-dealkylation sites (N-methyl/N-ethyl adjacent to an activating group) is 1. The van der Waals surface area contributed by atoms with E-state index in [9.17, 15) is 4.79 Å². The lowest BCUT2D eigenvalue weighted by Gasteiger charge is -2.32.